The second-order valence-electron chi connectivity index (χ2n) is 9.18. The number of hydrogen-bond donors (Lipinski definition) is 2. The van der Waals surface area contributed by atoms with E-state index in [1.165, 1.54) is 34.8 Å². The number of hydrogen-bond acceptors (Lipinski definition) is 13. The predicted molar refractivity (Wildman–Crippen MR) is 156 cm³/mol. The summed E-state index contributed by atoms with van der Waals surface area (Å²) in [6, 6.07) is 7.87. The Hall–Kier alpha value is -4.13. The van der Waals surface area contributed by atoms with Crippen LogP contribution in [0.1, 0.15) is 43.4 Å². The first kappa shape index (κ1) is 29.4. The summed E-state index contributed by atoms with van der Waals surface area (Å²) in [6.45, 7) is 2.01. The maximum atomic E-state index is 13.6. The number of allylic oxidation sites excluding steroid dienone is 3. The lowest BCUT2D eigenvalue weighted by molar-refractivity contribution is -0.142. The van der Waals surface area contributed by atoms with Crippen LogP contribution >= 0.6 is 34.4 Å². The second kappa shape index (κ2) is 12.8. The third-order valence-electron chi connectivity index (χ3n) is 6.46. The van der Waals surface area contributed by atoms with Crippen molar-refractivity contribution in [2.24, 2.45) is 5.73 Å². The Kier molecular flexibility index (Phi) is 8.95. The van der Waals surface area contributed by atoms with Gasteiger partial charge in [0.15, 0.2) is 15.3 Å². The number of nitrogens with zero attached hydrogens (tertiary/aromatic N) is 5. The van der Waals surface area contributed by atoms with Crippen molar-refractivity contribution >= 4 is 62.4 Å². The van der Waals surface area contributed by atoms with Crippen LogP contribution in [-0.2, 0) is 25.5 Å². The summed E-state index contributed by atoms with van der Waals surface area (Å²) < 4.78 is 19.0. The van der Waals surface area contributed by atoms with Gasteiger partial charge in [-0.05, 0) is 37.5 Å². The molecule has 1 amide bonds. The fourth-order valence-electron chi connectivity index (χ4n) is 4.73. The molecule has 0 radical (unpaired) electrons. The topological polar surface area (TPSA) is 164 Å². The average molecular weight is 626 g/mol. The van der Waals surface area contributed by atoms with Crippen molar-refractivity contribution in [3.05, 3.63) is 69.4 Å². The lowest BCUT2D eigenvalue weighted by Gasteiger charge is -2.38. The van der Waals surface area contributed by atoms with E-state index in [2.05, 4.69) is 26.6 Å². The van der Waals surface area contributed by atoms with Gasteiger partial charge in [-0.2, -0.15) is 5.26 Å². The van der Waals surface area contributed by atoms with Crippen LogP contribution in [0.15, 0.2) is 56.6 Å². The van der Waals surface area contributed by atoms with E-state index in [1.54, 1.807) is 29.3 Å². The molecule has 3 N–H and O–H groups in total. The number of Topliss-reactive ketones (excluding diaryl/α,β-unsaturated/α-hetero) is 1. The van der Waals surface area contributed by atoms with Crippen molar-refractivity contribution in [1.29, 1.82) is 5.26 Å². The van der Waals surface area contributed by atoms with Crippen molar-refractivity contribution in [2.45, 2.75) is 42.9 Å². The van der Waals surface area contributed by atoms with Gasteiger partial charge in [0.2, 0.25) is 11.0 Å². The number of carbonyl (C=O) groups is 3. The highest BCUT2D eigenvalue weighted by atomic mass is 32.2. The van der Waals surface area contributed by atoms with E-state index in [4.69, 9.17) is 10.5 Å². The SMILES string of the molecule is CCOC(=O)Cc1csc(NC(=O)CSc2nnc(N3C(N)=C(C#N)C(c4ccc(F)cc4)C4=C3CCCC4=O)s2)n1. The molecule has 2 aliphatic rings. The molecule has 11 nitrogen and oxygen atoms in total. The summed E-state index contributed by atoms with van der Waals surface area (Å²) >= 11 is 3.55. The third-order valence-corrected chi connectivity index (χ3v) is 9.31. The number of ketones is 1. The van der Waals surface area contributed by atoms with Crippen molar-refractivity contribution in [1.82, 2.24) is 15.2 Å². The molecule has 1 aliphatic heterocycles. The van der Waals surface area contributed by atoms with Gasteiger partial charge in [-0.15, -0.1) is 21.5 Å². The van der Waals surface area contributed by atoms with Crippen LogP contribution in [0.4, 0.5) is 14.7 Å². The van der Waals surface area contributed by atoms with E-state index < -0.39 is 11.7 Å². The van der Waals surface area contributed by atoms with E-state index >= 15 is 0 Å². The minimum absolute atomic E-state index is 0.0231. The van der Waals surface area contributed by atoms with Gasteiger partial charge in [0.1, 0.15) is 11.6 Å². The number of rotatable bonds is 9. The number of esters is 1. The molecule has 42 heavy (non-hydrogen) atoms. The minimum Gasteiger partial charge on any atom is -0.466 e. The van der Waals surface area contributed by atoms with Crippen LogP contribution in [0.3, 0.4) is 0 Å². The first-order valence-electron chi connectivity index (χ1n) is 12.9. The molecule has 1 aromatic carbocycles. The van der Waals surface area contributed by atoms with E-state index in [1.807, 2.05) is 0 Å². The minimum atomic E-state index is -0.705. The molecule has 0 saturated carbocycles. The zero-order valence-corrected chi connectivity index (χ0v) is 24.7. The molecular formula is C27H24FN7O4S3. The lowest BCUT2D eigenvalue weighted by Crippen LogP contribution is -2.38. The highest BCUT2D eigenvalue weighted by Gasteiger charge is 2.41. The summed E-state index contributed by atoms with van der Waals surface area (Å²) in [5.41, 5.74) is 8.92. The molecule has 0 fully saturated rings. The summed E-state index contributed by atoms with van der Waals surface area (Å²) in [7, 11) is 0. The predicted octanol–water partition coefficient (Wildman–Crippen LogP) is 4.27. The third kappa shape index (κ3) is 6.20. The molecular weight excluding hydrogens is 602 g/mol. The molecule has 1 atom stereocenters. The van der Waals surface area contributed by atoms with Gasteiger partial charge < -0.3 is 15.8 Å². The van der Waals surface area contributed by atoms with E-state index in [-0.39, 0.29) is 47.8 Å². The normalized spacial score (nSPS) is 16.7. The van der Waals surface area contributed by atoms with Gasteiger partial charge in [-0.3, -0.25) is 19.3 Å². The summed E-state index contributed by atoms with van der Waals surface area (Å²) in [4.78, 5) is 43.2. The maximum Gasteiger partial charge on any atom is 0.311 e. The van der Waals surface area contributed by atoms with Crippen molar-refractivity contribution in [3.8, 4) is 6.07 Å². The first-order chi connectivity index (χ1) is 20.3. The number of aromatic nitrogens is 3. The van der Waals surface area contributed by atoms with E-state index in [9.17, 15) is 24.0 Å². The Balaban J connectivity index is 1.32. The maximum absolute atomic E-state index is 13.6. The van der Waals surface area contributed by atoms with Gasteiger partial charge in [-0.1, -0.05) is 35.2 Å². The summed E-state index contributed by atoms with van der Waals surface area (Å²) in [5.74, 6) is -1.77. The number of ether oxygens (including phenoxy) is 1. The van der Waals surface area contributed by atoms with Gasteiger partial charge >= 0.3 is 5.97 Å². The molecule has 1 aliphatic carbocycles. The zero-order valence-electron chi connectivity index (χ0n) is 22.3. The monoisotopic (exact) mass is 625 g/mol. The van der Waals surface area contributed by atoms with Crippen molar-refractivity contribution in [3.63, 3.8) is 0 Å². The Morgan fingerprint density at radius 1 is 1.29 bits per heavy atom. The van der Waals surface area contributed by atoms with E-state index in [0.29, 0.717) is 56.4 Å². The number of thioether (sulfide) groups is 1. The number of anilines is 2. The van der Waals surface area contributed by atoms with Crippen LogP contribution in [0, 0.1) is 17.1 Å². The molecule has 3 aromatic rings. The molecule has 216 valence electrons. The van der Waals surface area contributed by atoms with E-state index in [0.717, 1.165) is 11.8 Å². The fraction of sp³-hybridized carbons (Fsp3) is 0.296. The molecule has 5 rings (SSSR count). The number of thiazole rings is 1. The number of nitrogens with two attached hydrogens (primary N) is 1. The zero-order chi connectivity index (χ0) is 29.8. The number of nitrogens with one attached hydrogen (secondary N) is 1. The second-order valence-corrected chi connectivity index (χ2v) is 12.2. The van der Waals surface area contributed by atoms with Crippen LogP contribution in [0.5, 0.6) is 0 Å². The summed E-state index contributed by atoms with van der Waals surface area (Å²) in [6.07, 6.45) is 1.50. The van der Waals surface area contributed by atoms with Gasteiger partial charge in [-0.25, -0.2) is 9.37 Å². The Bertz CT molecular complexity index is 1640. The van der Waals surface area contributed by atoms with Crippen LogP contribution in [0.2, 0.25) is 0 Å². The Morgan fingerprint density at radius 2 is 2.07 bits per heavy atom. The summed E-state index contributed by atoms with van der Waals surface area (Å²) in [5, 5.41) is 23.7. The van der Waals surface area contributed by atoms with Gasteiger partial charge in [0.05, 0.1) is 42.0 Å². The Morgan fingerprint density at radius 3 is 2.81 bits per heavy atom. The van der Waals surface area contributed by atoms with Gasteiger partial charge in [0.25, 0.3) is 0 Å². The number of carbonyl (C=O) groups excluding carboxylic acids is 3. The molecule has 1 unspecified atom stereocenters. The molecule has 3 heterocycles. The molecule has 0 saturated heterocycles. The van der Waals surface area contributed by atoms with Crippen LogP contribution in [0.25, 0.3) is 0 Å². The highest BCUT2D eigenvalue weighted by Crippen LogP contribution is 2.47. The van der Waals surface area contributed by atoms with Crippen molar-refractivity contribution < 1.29 is 23.5 Å². The average Bonchev–Trinajstić information content (AvgIpc) is 3.61. The largest absolute Gasteiger partial charge is 0.466 e. The van der Waals surface area contributed by atoms with Crippen LogP contribution in [-0.4, -0.2) is 45.2 Å². The number of nitriles is 1. The molecule has 15 heteroatoms. The first-order valence-corrected chi connectivity index (χ1v) is 15.5. The number of amides is 1. The molecule has 2 aromatic heterocycles. The number of benzene rings is 1. The number of halogens is 1. The van der Waals surface area contributed by atoms with Crippen LogP contribution < -0.4 is 16.0 Å². The quantitative estimate of drug-likeness (QED) is 0.258. The smallest absolute Gasteiger partial charge is 0.311 e. The lowest BCUT2D eigenvalue weighted by atomic mass is 9.76. The fourth-order valence-corrected chi connectivity index (χ4v) is 7.14. The molecule has 0 bridgehead atoms. The highest BCUT2D eigenvalue weighted by molar-refractivity contribution is 8.01. The molecule has 0 spiro atoms. The standard InChI is InChI=1S/C27H24FN7O4S3/c1-2-39-21(38)10-16-12-40-25(31-16)32-20(37)13-41-27-34-33-26(42-27)35-18-4-3-5-19(36)23(18)22(17(11-29)24(35)30)14-6-8-15(28)9-7-14/h6-9,12,22H,2-5,10,13,30H2,1H3,(H,31,32,37). The van der Waals surface area contributed by atoms with Crippen molar-refractivity contribution in [2.75, 3.05) is 22.6 Å². The Labute approximate surface area is 252 Å². The van der Waals surface area contributed by atoms with Gasteiger partial charge in [0, 0.05) is 23.1 Å².